The second-order valence-corrected chi connectivity index (χ2v) is 11.8. The summed E-state index contributed by atoms with van der Waals surface area (Å²) in [5.41, 5.74) is 1.08. The van der Waals surface area contributed by atoms with Crippen molar-refractivity contribution in [3.8, 4) is 5.75 Å². The van der Waals surface area contributed by atoms with Crippen LogP contribution in [0.5, 0.6) is 5.75 Å². The number of furan rings is 1. The number of aryl methyl sites for hydroxylation is 2. The molecule has 2 heterocycles. The molecule has 10 nitrogen and oxygen atoms in total. The average Bonchev–Trinajstić information content (AvgIpc) is 3.22. The largest absolute Gasteiger partial charge is 0.504 e. The van der Waals surface area contributed by atoms with E-state index in [2.05, 4.69) is 35.4 Å². The number of phenols is 1. The van der Waals surface area contributed by atoms with E-state index in [4.69, 9.17) is 4.42 Å². The van der Waals surface area contributed by atoms with Crippen molar-refractivity contribution >= 4 is 54.5 Å². The lowest BCUT2D eigenvalue weighted by atomic mass is 10.0. The highest BCUT2D eigenvalue weighted by Crippen LogP contribution is 2.38. The molecule has 0 saturated heterocycles. The summed E-state index contributed by atoms with van der Waals surface area (Å²) < 4.78 is 52.5. The molecule has 180 valence electrons. The molecule has 0 spiro atoms. The third kappa shape index (κ3) is 5.15. The molecule has 1 aliphatic heterocycles. The Kier molecular flexibility index (Phi) is 7.36. The zero-order valence-electron chi connectivity index (χ0n) is 19.0. The van der Waals surface area contributed by atoms with Gasteiger partial charge in [-0.1, -0.05) is 13.8 Å². The number of anilines is 1. The summed E-state index contributed by atoms with van der Waals surface area (Å²) in [6, 6.07) is 4.61. The highest BCUT2D eigenvalue weighted by molar-refractivity contribution is 9.10. The molecule has 0 saturated carbocycles. The number of nitrogens with zero attached hydrogens (tertiary/aromatic N) is 3. The molecule has 3 rings (SSSR count). The first-order valence-corrected chi connectivity index (χ1v) is 13.3. The zero-order chi connectivity index (χ0) is 24.7. The van der Waals surface area contributed by atoms with Crippen molar-refractivity contribution in [2.45, 2.75) is 38.6 Å². The fraction of sp³-hybridized carbons (Fsp3) is 0.400. The quantitative estimate of drug-likeness (QED) is 0.461. The summed E-state index contributed by atoms with van der Waals surface area (Å²) in [5.74, 6) is 1.39. The minimum atomic E-state index is -3.95. The summed E-state index contributed by atoms with van der Waals surface area (Å²) in [7, 11) is -1.22. The Morgan fingerprint density at radius 2 is 1.82 bits per heavy atom. The van der Waals surface area contributed by atoms with E-state index < -0.39 is 26.9 Å². The molecular formula is C20H26BrN5O5S2. The Labute approximate surface area is 204 Å². The smallest absolute Gasteiger partial charge is 0.269 e. The Balaban J connectivity index is 1.94. The molecule has 3 N–H and O–H groups in total. The Bertz CT molecular complexity index is 1250. The van der Waals surface area contributed by atoms with Crippen LogP contribution in [0.2, 0.25) is 0 Å². The number of phenolic OH excluding ortho intramolecular Hbond substituents is 1. The van der Waals surface area contributed by atoms with Crippen molar-refractivity contribution in [1.29, 1.82) is 0 Å². The minimum absolute atomic E-state index is 0.0663. The molecule has 0 radical (unpaired) electrons. The van der Waals surface area contributed by atoms with E-state index in [0.29, 0.717) is 5.76 Å². The average molecular weight is 560 g/mol. The fourth-order valence-corrected chi connectivity index (χ4v) is 5.70. The molecule has 1 aliphatic rings. The molecule has 1 aromatic carbocycles. The maximum atomic E-state index is 12.7. The van der Waals surface area contributed by atoms with Gasteiger partial charge in [-0.3, -0.25) is 0 Å². The van der Waals surface area contributed by atoms with E-state index in [9.17, 15) is 17.7 Å². The van der Waals surface area contributed by atoms with Crippen molar-refractivity contribution < 1.29 is 22.2 Å². The maximum absolute atomic E-state index is 12.7. The highest BCUT2D eigenvalue weighted by atomic mass is 79.9. The highest BCUT2D eigenvalue weighted by Gasteiger charge is 2.30. The van der Waals surface area contributed by atoms with E-state index in [1.807, 2.05) is 33.8 Å². The fourth-order valence-electron chi connectivity index (χ4n) is 3.11. The predicted molar refractivity (Wildman–Crippen MR) is 132 cm³/mol. The number of hydrogen-bond donors (Lipinski definition) is 3. The van der Waals surface area contributed by atoms with Gasteiger partial charge in [0.05, 0.1) is 11.7 Å². The zero-order valence-corrected chi connectivity index (χ0v) is 22.2. The van der Waals surface area contributed by atoms with E-state index in [1.54, 1.807) is 0 Å². The van der Waals surface area contributed by atoms with Crippen LogP contribution in [0.25, 0.3) is 0 Å². The topological polar surface area (TPSA) is 137 Å². The van der Waals surface area contributed by atoms with Crippen LogP contribution in [0.15, 0.2) is 40.8 Å². The number of sulfonamides is 1. The number of rotatable bonds is 6. The number of hydrogen-bond acceptors (Lipinski definition) is 7. The standard InChI is InChI=1S/C20H26BrN5O5S2/c1-10(2)16(15-9-11(3)12(4)31-15)23-20-19(24-32(28)25-20)22-14-8-7-13(21)18(17(14)27)33(29,30)26(5)6/h7-10,16,27H,1-6H3,(H,22,24)(H,23,25)/t16-,32?/m1/s1. The summed E-state index contributed by atoms with van der Waals surface area (Å²) in [6.07, 6.45) is 0. The van der Waals surface area contributed by atoms with Gasteiger partial charge in [-0.15, -0.1) is 8.80 Å². The van der Waals surface area contributed by atoms with Crippen LogP contribution in [-0.4, -0.2) is 47.8 Å². The number of halogens is 1. The lowest BCUT2D eigenvalue weighted by Crippen LogP contribution is -2.38. The van der Waals surface area contributed by atoms with Crippen molar-refractivity contribution in [1.82, 2.24) is 9.62 Å². The summed E-state index contributed by atoms with van der Waals surface area (Å²) >= 11 is 1.30. The molecule has 0 bridgehead atoms. The van der Waals surface area contributed by atoms with Crippen LogP contribution >= 0.6 is 15.9 Å². The van der Waals surface area contributed by atoms with Gasteiger partial charge in [-0.2, -0.15) is 0 Å². The van der Waals surface area contributed by atoms with Crippen molar-refractivity contribution in [2.24, 2.45) is 14.7 Å². The number of amidine groups is 2. The molecular weight excluding hydrogens is 534 g/mol. The summed E-state index contributed by atoms with van der Waals surface area (Å²) in [5, 5.41) is 16.8. The van der Waals surface area contributed by atoms with Crippen molar-refractivity contribution in [3.63, 3.8) is 0 Å². The second kappa shape index (κ2) is 9.57. The maximum Gasteiger partial charge on any atom is 0.269 e. The molecule has 33 heavy (non-hydrogen) atoms. The molecule has 2 atom stereocenters. The third-order valence-corrected chi connectivity index (χ3v) is 8.58. The first-order valence-electron chi connectivity index (χ1n) is 9.97. The van der Waals surface area contributed by atoms with Gasteiger partial charge >= 0.3 is 0 Å². The van der Waals surface area contributed by atoms with Crippen LogP contribution in [0.1, 0.15) is 37.0 Å². The van der Waals surface area contributed by atoms with Gasteiger partial charge in [-0.25, -0.2) is 16.9 Å². The molecule has 13 heteroatoms. The van der Waals surface area contributed by atoms with Crippen LogP contribution in [0.3, 0.4) is 0 Å². The van der Waals surface area contributed by atoms with Gasteiger partial charge in [0, 0.05) is 18.6 Å². The SMILES string of the molecule is Cc1cc([C@H](NC2=NS(=O)N=C2Nc2ccc(Br)c(S(=O)(=O)N(C)C)c2O)C(C)C)oc1C. The molecule has 0 aliphatic carbocycles. The van der Waals surface area contributed by atoms with Gasteiger partial charge < -0.3 is 20.2 Å². The number of aromatic hydroxyl groups is 1. The third-order valence-electron chi connectivity index (χ3n) is 5.09. The van der Waals surface area contributed by atoms with Gasteiger partial charge in [0.2, 0.25) is 10.0 Å². The molecule has 0 amide bonds. The first-order chi connectivity index (χ1) is 15.3. The first kappa shape index (κ1) is 25.4. The lowest BCUT2D eigenvalue weighted by Gasteiger charge is -2.22. The normalized spacial score (nSPS) is 17.3. The van der Waals surface area contributed by atoms with Crippen LogP contribution in [-0.2, 0) is 21.2 Å². The molecule has 1 aromatic heterocycles. The van der Waals surface area contributed by atoms with E-state index in [1.165, 1.54) is 26.2 Å². The van der Waals surface area contributed by atoms with Crippen molar-refractivity contribution in [3.05, 3.63) is 39.8 Å². The van der Waals surface area contributed by atoms with Gasteiger partial charge in [0.1, 0.15) is 16.4 Å². The van der Waals surface area contributed by atoms with Crippen LogP contribution in [0, 0.1) is 19.8 Å². The van der Waals surface area contributed by atoms with Gasteiger partial charge in [-0.05, 0) is 59.5 Å². The minimum Gasteiger partial charge on any atom is -0.504 e. The van der Waals surface area contributed by atoms with E-state index in [0.717, 1.165) is 15.6 Å². The Morgan fingerprint density at radius 1 is 1.18 bits per heavy atom. The monoisotopic (exact) mass is 559 g/mol. The van der Waals surface area contributed by atoms with Crippen LogP contribution < -0.4 is 10.6 Å². The number of nitrogens with one attached hydrogen (secondary N) is 2. The predicted octanol–water partition coefficient (Wildman–Crippen LogP) is 3.40. The van der Waals surface area contributed by atoms with Gasteiger partial charge in [0.15, 0.2) is 17.4 Å². The Hall–Kier alpha value is -2.22. The second-order valence-electron chi connectivity index (χ2n) is 8.05. The summed E-state index contributed by atoms with van der Waals surface area (Å²) in [6.45, 7) is 7.83. The molecule has 1 unspecified atom stereocenters. The van der Waals surface area contributed by atoms with Gasteiger partial charge in [0.25, 0.3) is 11.2 Å². The van der Waals surface area contributed by atoms with Crippen molar-refractivity contribution in [2.75, 3.05) is 19.4 Å². The lowest BCUT2D eigenvalue weighted by molar-refractivity contribution is 0.369. The van der Waals surface area contributed by atoms with Crippen LogP contribution in [0.4, 0.5) is 5.69 Å². The molecule has 0 fully saturated rings. The Morgan fingerprint density at radius 3 is 2.36 bits per heavy atom. The van der Waals surface area contributed by atoms with E-state index in [-0.39, 0.29) is 38.7 Å². The number of benzene rings is 1. The van der Waals surface area contributed by atoms with E-state index >= 15 is 0 Å². The molecule has 2 aromatic rings. The summed E-state index contributed by atoms with van der Waals surface area (Å²) in [4.78, 5) is -0.301.